The minimum absolute atomic E-state index is 0.0948. The number of nitrogens with zero attached hydrogens (tertiary/aromatic N) is 2. The lowest BCUT2D eigenvalue weighted by atomic mass is 10.0. The fourth-order valence-electron chi connectivity index (χ4n) is 3.86. The Morgan fingerprint density at radius 2 is 1.94 bits per heavy atom. The van der Waals surface area contributed by atoms with E-state index in [1.807, 2.05) is 6.07 Å². The summed E-state index contributed by atoms with van der Waals surface area (Å²) in [5.74, 6) is 0.239. The lowest BCUT2D eigenvalue weighted by Gasteiger charge is -2.13. The molecule has 0 saturated heterocycles. The number of ether oxygens (including phenoxy) is 1. The molecule has 0 aliphatic rings. The van der Waals surface area contributed by atoms with Crippen molar-refractivity contribution in [3.05, 3.63) is 40.2 Å². The van der Waals surface area contributed by atoms with Gasteiger partial charge in [-0.1, -0.05) is 0 Å². The molecule has 7 N–H and O–H groups in total. The predicted octanol–water partition coefficient (Wildman–Crippen LogP) is -0.0337. The third-order valence-electron chi connectivity index (χ3n) is 5.38. The SMILES string of the molecule is COc1ccc(O)c2c1c(=O)c1c(NCCN)ccc3c(CNC(CO)CO)nn2c31. The van der Waals surface area contributed by atoms with Crippen LogP contribution < -0.4 is 26.5 Å². The summed E-state index contributed by atoms with van der Waals surface area (Å²) in [5.41, 5.74) is 7.38. The van der Waals surface area contributed by atoms with Crippen molar-refractivity contribution in [1.29, 1.82) is 0 Å². The van der Waals surface area contributed by atoms with E-state index >= 15 is 0 Å². The van der Waals surface area contributed by atoms with Crippen LogP contribution in [-0.2, 0) is 6.54 Å². The minimum atomic E-state index is -0.502. The Kier molecular flexibility index (Phi) is 5.79. The monoisotopic (exact) mass is 427 g/mol. The number of methoxy groups -OCH3 is 1. The summed E-state index contributed by atoms with van der Waals surface area (Å²) < 4.78 is 6.96. The number of pyridine rings is 1. The van der Waals surface area contributed by atoms with Crippen LogP contribution in [0.5, 0.6) is 11.5 Å². The lowest BCUT2D eigenvalue weighted by molar-refractivity contribution is 0.170. The van der Waals surface area contributed by atoms with Crippen molar-refractivity contribution in [2.24, 2.45) is 5.73 Å². The number of phenols is 1. The van der Waals surface area contributed by atoms with Gasteiger partial charge in [0.05, 0.1) is 48.3 Å². The molecule has 0 radical (unpaired) electrons. The standard InChI is InChI=1S/C21H25N5O5/c1-31-16-5-4-15(29)20-18(16)21(30)17-13(23-7-6-22)3-2-12-14(25-26(20)19(12)17)8-24-11(9-27)10-28/h2-5,11,23-24,27-29H,6-10,22H2,1H3. The lowest BCUT2D eigenvalue weighted by Crippen LogP contribution is -2.35. The average molecular weight is 427 g/mol. The van der Waals surface area contributed by atoms with Crippen LogP contribution >= 0.6 is 0 Å². The topological polar surface area (TPSA) is 154 Å². The van der Waals surface area contributed by atoms with Gasteiger partial charge in [0.25, 0.3) is 0 Å². The Morgan fingerprint density at radius 1 is 1.16 bits per heavy atom. The molecule has 0 aliphatic heterocycles. The summed E-state index contributed by atoms with van der Waals surface area (Å²) in [6.07, 6.45) is 0. The predicted molar refractivity (Wildman–Crippen MR) is 118 cm³/mol. The minimum Gasteiger partial charge on any atom is -0.506 e. The van der Waals surface area contributed by atoms with E-state index in [-0.39, 0.29) is 41.8 Å². The molecule has 164 valence electrons. The van der Waals surface area contributed by atoms with Crippen LogP contribution in [0.4, 0.5) is 5.69 Å². The summed E-state index contributed by atoms with van der Waals surface area (Å²) in [6, 6.07) is 6.16. The van der Waals surface area contributed by atoms with Crippen molar-refractivity contribution < 1.29 is 20.1 Å². The molecule has 2 aromatic heterocycles. The van der Waals surface area contributed by atoms with Gasteiger partial charge in [-0.25, -0.2) is 4.52 Å². The average Bonchev–Trinajstić information content (AvgIpc) is 3.15. The van der Waals surface area contributed by atoms with Crippen molar-refractivity contribution in [3.8, 4) is 11.5 Å². The Bertz CT molecular complexity index is 1280. The molecule has 0 atom stereocenters. The molecular formula is C21H25N5O5. The van der Waals surface area contributed by atoms with Crippen molar-refractivity contribution in [2.45, 2.75) is 12.6 Å². The van der Waals surface area contributed by atoms with E-state index in [0.29, 0.717) is 41.1 Å². The first-order valence-electron chi connectivity index (χ1n) is 9.94. The van der Waals surface area contributed by atoms with E-state index in [1.54, 1.807) is 16.6 Å². The first-order valence-corrected chi connectivity index (χ1v) is 9.94. The molecule has 0 amide bonds. The molecule has 31 heavy (non-hydrogen) atoms. The zero-order valence-electron chi connectivity index (χ0n) is 17.1. The highest BCUT2D eigenvalue weighted by Gasteiger charge is 2.23. The van der Waals surface area contributed by atoms with Crippen molar-refractivity contribution in [2.75, 3.05) is 38.7 Å². The second-order valence-electron chi connectivity index (χ2n) is 7.24. The van der Waals surface area contributed by atoms with Crippen molar-refractivity contribution >= 4 is 32.9 Å². The van der Waals surface area contributed by atoms with Gasteiger partial charge in [0, 0.05) is 30.7 Å². The Hall–Kier alpha value is -3.18. The van der Waals surface area contributed by atoms with Crippen LogP contribution in [0.3, 0.4) is 0 Å². The molecule has 2 heterocycles. The highest BCUT2D eigenvalue weighted by atomic mass is 16.5. The summed E-state index contributed by atoms with van der Waals surface area (Å²) in [7, 11) is 1.46. The molecule has 0 bridgehead atoms. The third kappa shape index (κ3) is 3.39. The van der Waals surface area contributed by atoms with Crippen LogP contribution in [0.1, 0.15) is 5.69 Å². The molecule has 4 aromatic rings. The Morgan fingerprint density at radius 3 is 2.61 bits per heavy atom. The Balaban J connectivity index is 2.07. The number of hydrogen-bond donors (Lipinski definition) is 6. The van der Waals surface area contributed by atoms with E-state index in [4.69, 9.17) is 10.5 Å². The molecule has 0 unspecified atom stereocenters. The number of fused-ring (bicyclic) bond motifs is 2. The van der Waals surface area contributed by atoms with Gasteiger partial charge in [-0.05, 0) is 24.3 Å². The number of rotatable bonds is 9. The normalized spacial score (nSPS) is 11.9. The van der Waals surface area contributed by atoms with Gasteiger partial charge in [0.1, 0.15) is 17.0 Å². The van der Waals surface area contributed by atoms with Gasteiger partial charge in [0.15, 0.2) is 0 Å². The van der Waals surface area contributed by atoms with Crippen molar-refractivity contribution in [1.82, 2.24) is 14.9 Å². The van der Waals surface area contributed by atoms with Crippen LogP contribution in [0.25, 0.3) is 27.2 Å². The number of aliphatic hydroxyl groups excluding tert-OH is 2. The molecule has 4 rings (SSSR count). The molecule has 0 fully saturated rings. The number of benzene rings is 2. The number of hydrogen-bond acceptors (Lipinski definition) is 9. The smallest absolute Gasteiger partial charge is 0.203 e. The number of aromatic hydroxyl groups is 1. The maximum atomic E-state index is 13.6. The number of phenolic OH excluding ortho intramolecular Hbond substituents is 1. The zero-order chi connectivity index (χ0) is 22.1. The summed E-state index contributed by atoms with van der Waals surface area (Å²) in [5, 5.41) is 41.5. The fraction of sp³-hybridized carbons (Fsp3) is 0.333. The molecule has 2 aromatic carbocycles. The zero-order valence-corrected chi connectivity index (χ0v) is 17.1. The quantitative estimate of drug-likeness (QED) is 0.202. The van der Waals surface area contributed by atoms with E-state index < -0.39 is 6.04 Å². The molecular weight excluding hydrogens is 402 g/mol. The van der Waals surface area contributed by atoms with Crippen LogP contribution in [0.2, 0.25) is 0 Å². The van der Waals surface area contributed by atoms with E-state index in [1.165, 1.54) is 13.2 Å². The van der Waals surface area contributed by atoms with Gasteiger partial charge in [-0.3, -0.25) is 4.79 Å². The van der Waals surface area contributed by atoms with Crippen molar-refractivity contribution in [3.63, 3.8) is 0 Å². The molecule has 0 spiro atoms. The van der Waals surface area contributed by atoms with Crippen LogP contribution in [0, 0.1) is 0 Å². The molecule has 10 heteroatoms. The van der Waals surface area contributed by atoms with Crippen LogP contribution in [0.15, 0.2) is 29.1 Å². The van der Waals surface area contributed by atoms with Gasteiger partial charge < -0.3 is 36.4 Å². The highest BCUT2D eigenvalue weighted by molar-refractivity contribution is 6.10. The van der Waals surface area contributed by atoms with E-state index in [9.17, 15) is 20.1 Å². The number of anilines is 1. The number of aromatic nitrogens is 2. The number of nitrogens with two attached hydrogens (primary N) is 1. The largest absolute Gasteiger partial charge is 0.506 e. The maximum absolute atomic E-state index is 13.6. The number of nitrogens with one attached hydrogen (secondary N) is 2. The maximum Gasteiger partial charge on any atom is 0.203 e. The molecule has 10 nitrogen and oxygen atoms in total. The fourth-order valence-corrected chi connectivity index (χ4v) is 3.86. The third-order valence-corrected chi connectivity index (χ3v) is 5.38. The number of aliphatic hydroxyl groups is 2. The molecule has 0 saturated carbocycles. The van der Waals surface area contributed by atoms with Gasteiger partial charge in [-0.2, -0.15) is 5.10 Å². The highest BCUT2D eigenvalue weighted by Crippen LogP contribution is 2.36. The van der Waals surface area contributed by atoms with E-state index in [0.717, 1.165) is 5.39 Å². The summed E-state index contributed by atoms with van der Waals surface area (Å²) >= 11 is 0. The summed E-state index contributed by atoms with van der Waals surface area (Å²) in [4.78, 5) is 13.6. The van der Waals surface area contributed by atoms with E-state index in [2.05, 4.69) is 15.7 Å². The second-order valence-corrected chi connectivity index (χ2v) is 7.24. The molecule has 0 aliphatic carbocycles. The van der Waals surface area contributed by atoms with Gasteiger partial charge in [-0.15, -0.1) is 0 Å². The van der Waals surface area contributed by atoms with Crippen LogP contribution in [-0.4, -0.2) is 64.4 Å². The Labute approximate surface area is 177 Å². The summed E-state index contributed by atoms with van der Waals surface area (Å²) in [6.45, 7) is 0.663. The second kappa shape index (κ2) is 8.52. The first-order chi connectivity index (χ1) is 15.0. The first kappa shape index (κ1) is 21.1. The van der Waals surface area contributed by atoms with Gasteiger partial charge >= 0.3 is 0 Å². The van der Waals surface area contributed by atoms with Gasteiger partial charge in [0.2, 0.25) is 5.43 Å².